The van der Waals surface area contributed by atoms with Gasteiger partial charge in [0, 0.05) is 61.4 Å². The van der Waals surface area contributed by atoms with Crippen LogP contribution in [-0.4, -0.2) is 9.13 Å². The smallest absolute Gasteiger partial charge is 0.0645 e. The van der Waals surface area contributed by atoms with Crippen molar-refractivity contribution in [3.63, 3.8) is 0 Å². The molecule has 0 saturated carbocycles. The summed E-state index contributed by atoms with van der Waals surface area (Å²) in [5.74, 6) is -1.21. The van der Waals surface area contributed by atoms with E-state index in [0.29, 0.717) is 29.2 Å². The molecule has 0 amide bonds. The third-order valence-corrected chi connectivity index (χ3v) is 23.2. The van der Waals surface area contributed by atoms with Crippen LogP contribution in [0.2, 0.25) is 0 Å². The fraction of sp³-hybridized carbons (Fsp3) is 0.257. The Labute approximate surface area is 668 Å². The van der Waals surface area contributed by atoms with Crippen molar-refractivity contribution in [1.29, 1.82) is 0 Å². The topological polar surface area (TPSA) is 16.3 Å². The minimum atomic E-state index is -0.774. The fourth-order valence-corrected chi connectivity index (χ4v) is 17.5. The highest BCUT2D eigenvalue weighted by atomic mass is 15.2. The molecule has 18 rings (SSSR count). The second-order valence-electron chi connectivity index (χ2n) is 36.6. The number of nitrogens with zero attached hydrogens (tertiary/aromatic N) is 4. The molecule has 0 spiro atoms. The number of anilines is 6. The molecular weight excluding hydrogens is 1320 g/mol. The summed E-state index contributed by atoms with van der Waals surface area (Å²) >= 11 is 0. The lowest BCUT2D eigenvalue weighted by molar-refractivity contribution is 0.569. The van der Waals surface area contributed by atoms with Gasteiger partial charge < -0.3 is 18.9 Å². The van der Waals surface area contributed by atoms with Gasteiger partial charge in [-0.15, -0.1) is 0 Å². The molecule has 542 valence electrons. The van der Waals surface area contributed by atoms with Crippen LogP contribution in [0.25, 0.3) is 77.2 Å². The average molecular weight is 1440 g/mol. The lowest BCUT2D eigenvalue weighted by atomic mass is 9.70. The molecule has 1 aliphatic carbocycles. The number of hydrogen-bond donors (Lipinski definition) is 0. The average Bonchev–Trinajstić information content (AvgIpc) is 1.01. The van der Waals surface area contributed by atoms with E-state index >= 15 is 0 Å². The van der Waals surface area contributed by atoms with E-state index in [1.165, 1.54) is 0 Å². The van der Waals surface area contributed by atoms with Gasteiger partial charge in [0.15, 0.2) is 0 Å². The molecule has 4 nitrogen and oxygen atoms in total. The van der Waals surface area contributed by atoms with E-state index in [1.54, 1.807) is 9.13 Å². The molecule has 2 aromatic heterocycles. The lowest BCUT2D eigenvalue weighted by Crippen LogP contribution is -2.33. The Morgan fingerprint density at radius 3 is 0.982 bits per heavy atom. The zero-order valence-electron chi connectivity index (χ0n) is 81.8. The van der Waals surface area contributed by atoms with Gasteiger partial charge in [0.25, 0.3) is 0 Å². The minimum Gasteiger partial charge on any atom is -0.309 e. The minimum absolute atomic E-state index is 0.0357. The summed E-state index contributed by atoms with van der Waals surface area (Å²) < 4.78 is 157. The van der Waals surface area contributed by atoms with Gasteiger partial charge in [-0.3, -0.25) is 0 Å². The highest BCUT2D eigenvalue weighted by molar-refractivity contribution is 6.11. The monoisotopic (exact) mass is 1430 g/mol. The predicted octanol–water partition coefficient (Wildman–Crippen LogP) is 28.8. The predicted molar refractivity (Wildman–Crippen MR) is 465 cm³/mol. The van der Waals surface area contributed by atoms with Gasteiger partial charge >= 0.3 is 0 Å². The van der Waals surface area contributed by atoms with E-state index < -0.39 is 130 Å². The molecule has 0 N–H and O–H groups in total. The van der Waals surface area contributed by atoms with Crippen molar-refractivity contribution in [2.75, 3.05) is 9.80 Å². The van der Waals surface area contributed by atoms with Crippen LogP contribution in [0.4, 0.5) is 34.1 Å². The van der Waals surface area contributed by atoms with E-state index in [2.05, 4.69) is 280 Å². The third-order valence-electron chi connectivity index (χ3n) is 23.2. The standard InChI is InChI=1S/C105H102N4/c1-100(2,3)69-47-43-64(44-48-69)83-58-71(102(7,8)9)60-85(104(13,14)15)98(83)108-91-62-73(106-87-39-27-23-35-77(87)78-36-24-28-40-88(78)106)51-53-81(91)96-82-54-52-74(107-89-41-29-25-37-79(89)80-38-26-30-42-90(80)107)63-92(82)109(94-57-68(56-93(108)97(94)96)95-75-33-21-19-31-66(75)55-67-32-20-22-34-76(67)95)99-84(65-45-49-70(50-46-65)101(4,5)6)59-72(103(10,11)12)61-86(99)105(16,17)18/h19-54,56-63,95-96H,55H2,1-18H3/i23D,24D,25D,26D,27D,28D,29D,30D,35D,36D,37D,38D,39D,40D,41D,42D. The van der Waals surface area contributed by atoms with Crippen molar-refractivity contribution >= 4 is 77.7 Å². The molecule has 109 heavy (non-hydrogen) atoms. The van der Waals surface area contributed by atoms with Crippen LogP contribution < -0.4 is 9.80 Å². The molecular formula is C105H102N4. The summed E-state index contributed by atoms with van der Waals surface area (Å²) in [7, 11) is 0. The van der Waals surface area contributed by atoms with Gasteiger partial charge in [-0.05, 0) is 195 Å². The van der Waals surface area contributed by atoms with Crippen LogP contribution in [0, 0.1) is 0 Å². The van der Waals surface area contributed by atoms with Gasteiger partial charge in [0.2, 0.25) is 0 Å². The Morgan fingerprint density at radius 2 is 0.642 bits per heavy atom. The highest BCUT2D eigenvalue weighted by Gasteiger charge is 2.46. The van der Waals surface area contributed by atoms with Crippen molar-refractivity contribution in [2.45, 2.75) is 175 Å². The van der Waals surface area contributed by atoms with Crippen LogP contribution >= 0.6 is 0 Å². The zero-order valence-corrected chi connectivity index (χ0v) is 65.8. The van der Waals surface area contributed by atoms with Gasteiger partial charge in [-0.2, -0.15) is 0 Å². The Hall–Kier alpha value is -10.9. The van der Waals surface area contributed by atoms with Crippen molar-refractivity contribution in [3.8, 4) is 33.6 Å². The summed E-state index contributed by atoms with van der Waals surface area (Å²) in [6, 6.07) is 53.4. The molecule has 3 aliphatic rings. The molecule has 0 fully saturated rings. The third kappa shape index (κ3) is 11.4. The maximum atomic E-state index is 10.0. The summed E-state index contributed by atoms with van der Waals surface area (Å²) in [5.41, 5.74) is 20.6. The Morgan fingerprint density at radius 1 is 0.303 bits per heavy atom. The molecule has 15 aromatic rings. The van der Waals surface area contributed by atoms with Crippen molar-refractivity contribution < 1.29 is 21.9 Å². The largest absolute Gasteiger partial charge is 0.309 e. The summed E-state index contributed by atoms with van der Waals surface area (Å²) in [6.07, 6.45) is 0.676. The maximum absolute atomic E-state index is 10.0. The number of benzene rings is 13. The molecule has 4 heteroatoms. The Bertz CT molecular complexity index is 6630. The quantitative estimate of drug-likeness (QED) is 0.158. The molecule has 0 radical (unpaired) electrons. The maximum Gasteiger partial charge on any atom is 0.0645 e. The molecule has 0 unspecified atom stereocenters. The van der Waals surface area contributed by atoms with Gasteiger partial charge in [0.1, 0.15) is 0 Å². The van der Waals surface area contributed by atoms with E-state index in [-0.39, 0.29) is 54.4 Å². The first kappa shape index (κ1) is 53.8. The van der Waals surface area contributed by atoms with Crippen LogP contribution in [0.3, 0.4) is 0 Å². The molecule has 0 bridgehead atoms. The molecule has 13 aromatic carbocycles. The van der Waals surface area contributed by atoms with Crippen LogP contribution in [-0.2, 0) is 38.9 Å². The van der Waals surface area contributed by atoms with Crippen molar-refractivity contribution in [1.82, 2.24) is 9.13 Å². The number of aromatic nitrogens is 2. The van der Waals surface area contributed by atoms with E-state index in [9.17, 15) is 21.9 Å². The molecule has 2 aliphatic heterocycles. The van der Waals surface area contributed by atoms with Crippen molar-refractivity contribution in [2.24, 2.45) is 0 Å². The number of hydrogen-bond acceptors (Lipinski definition) is 2. The molecule has 0 atom stereocenters. The Kier molecular flexibility index (Phi) is 12.2. The summed E-state index contributed by atoms with van der Waals surface area (Å²) in [4.78, 5) is 4.87. The van der Waals surface area contributed by atoms with E-state index in [1.807, 2.05) is 24.3 Å². The second-order valence-corrected chi connectivity index (χ2v) is 36.6. The van der Waals surface area contributed by atoms with Gasteiger partial charge in [-0.25, -0.2) is 0 Å². The van der Waals surface area contributed by atoms with E-state index in [0.717, 1.165) is 123 Å². The first-order valence-corrected chi connectivity index (χ1v) is 38.4. The number of fused-ring (bicyclic) bond motifs is 12. The van der Waals surface area contributed by atoms with Crippen LogP contribution in [0.1, 0.15) is 236 Å². The SMILES string of the molecule is [2H]c1c([2H])c([2H])c2c(c1[2H])c1c([2H])c([2H])c([2H])c([2H])c1n2-c1ccc2c(c1)N(c1c(-c3ccc(C(C)(C)C)cc3)cc(C(C)(C)C)cc1C(C)(C)C)c1cc(C3c4ccccc4Cc4ccccc43)cc3c1C2c1ccc(-n2c4c([2H])c([2H])c([2H])c([2H])c4c4c([2H])c([2H])c([2H])c([2H])c42)cc1N3c1c(-c2ccc(C(C)(C)C)cc2)cc(C(C)(C)C)cc1C(C)(C)C. The van der Waals surface area contributed by atoms with Gasteiger partial charge in [-0.1, -0.05) is 318 Å². The first-order chi connectivity index (χ1) is 58.5. The number of para-hydroxylation sites is 4. The molecule has 0 saturated heterocycles. The first-order valence-electron chi connectivity index (χ1n) is 46.4. The fourth-order valence-electron chi connectivity index (χ4n) is 17.5. The lowest BCUT2D eigenvalue weighted by Gasteiger charge is -2.48. The Balaban J connectivity index is 1.11. The molecule has 4 heterocycles. The van der Waals surface area contributed by atoms with Crippen LogP contribution in [0.5, 0.6) is 0 Å². The summed E-state index contributed by atoms with van der Waals surface area (Å²) in [5, 5.41) is -0.240. The highest BCUT2D eigenvalue weighted by Crippen LogP contribution is 2.66. The van der Waals surface area contributed by atoms with Crippen molar-refractivity contribution in [3.05, 3.63) is 344 Å². The van der Waals surface area contributed by atoms with Gasteiger partial charge in [0.05, 0.1) is 78.1 Å². The second kappa shape index (κ2) is 24.8. The summed E-state index contributed by atoms with van der Waals surface area (Å²) in [6.45, 7) is 40.3. The number of rotatable bonds is 7. The zero-order chi connectivity index (χ0) is 89.8. The normalized spacial score (nSPS) is 16.2. The van der Waals surface area contributed by atoms with Crippen LogP contribution in [0.15, 0.2) is 267 Å². The van der Waals surface area contributed by atoms with E-state index in [4.69, 9.17) is 0 Å².